The number of allylic oxidation sites excluding steroid dienone is 2. The average molecular weight is 441 g/mol. The first-order valence-electron chi connectivity index (χ1n) is 10.2. The lowest BCUT2D eigenvalue weighted by atomic mass is 9.95. The van der Waals surface area contributed by atoms with Gasteiger partial charge in [-0.2, -0.15) is 10.2 Å². The molecule has 0 aliphatic heterocycles. The number of fused-ring (bicyclic) bond motifs is 1. The number of hydrogen-bond donors (Lipinski definition) is 3. The van der Waals surface area contributed by atoms with Crippen LogP contribution in [0.15, 0.2) is 36.5 Å². The first kappa shape index (κ1) is 19.8. The third-order valence-electron chi connectivity index (χ3n) is 6.40. The van der Waals surface area contributed by atoms with E-state index in [0.29, 0.717) is 28.9 Å². The SMILES string of the molecule is Cn1nc(C2CC3C=C(c4ccn[nH]4)CC3C2)c(C(=O)Nc2ccc(F)c(Cl)c2)c1N. The van der Waals surface area contributed by atoms with Crippen molar-refractivity contribution in [3.8, 4) is 0 Å². The Bertz CT molecular complexity index is 1190. The molecule has 31 heavy (non-hydrogen) atoms. The van der Waals surface area contributed by atoms with Crippen molar-refractivity contribution >= 4 is 34.6 Å². The number of nitrogens with two attached hydrogens (primary N) is 1. The molecular formula is C22H22ClFN6O. The van der Waals surface area contributed by atoms with E-state index in [1.54, 1.807) is 17.9 Å². The van der Waals surface area contributed by atoms with E-state index < -0.39 is 5.82 Å². The molecule has 3 aromatic rings. The summed E-state index contributed by atoms with van der Waals surface area (Å²) in [4.78, 5) is 13.1. The molecule has 2 heterocycles. The Kier molecular flexibility index (Phi) is 4.81. The Labute approximate surface area is 183 Å². The highest BCUT2D eigenvalue weighted by atomic mass is 35.5. The molecule has 0 bridgehead atoms. The van der Waals surface area contributed by atoms with E-state index >= 15 is 0 Å². The van der Waals surface area contributed by atoms with Gasteiger partial charge >= 0.3 is 0 Å². The van der Waals surface area contributed by atoms with Gasteiger partial charge in [-0.3, -0.25) is 14.6 Å². The molecule has 3 unspecified atom stereocenters. The molecular weight excluding hydrogens is 419 g/mol. The smallest absolute Gasteiger partial charge is 0.261 e. The maximum absolute atomic E-state index is 13.4. The van der Waals surface area contributed by atoms with Gasteiger partial charge in [0.2, 0.25) is 0 Å². The summed E-state index contributed by atoms with van der Waals surface area (Å²) in [6, 6.07) is 6.05. The van der Waals surface area contributed by atoms with E-state index in [1.165, 1.54) is 23.8 Å². The van der Waals surface area contributed by atoms with Crippen LogP contribution in [0.5, 0.6) is 0 Å². The lowest BCUT2D eigenvalue weighted by molar-refractivity contribution is 0.102. The van der Waals surface area contributed by atoms with Crippen molar-refractivity contribution in [2.24, 2.45) is 18.9 Å². The van der Waals surface area contributed by atoms with Gasteiger partial charge in [0.1, 0.15) is 17.2 Å². The number of nitrogens with one attached hydrogen (secondary N) is 2. The van der Waals surface area contributed by atoms with E-state index in [2.05, 4.69) is 26.7 Å². The zero-order valence-electron chi connectivity index (χ0n) is 16.9. The second kappa shape index (κ2) is 7.53. The summed E-state index contributed by atoms with van der Waals surface area (Å²) in [7, 11) is 1.73. The maximum atomic E-state index is 13.4. The van der Waals surface area contributed by atoms with Gasteiger partial charge in [0.05, 0.1) is 16.4 Å². The van der Waals surface area contributed by atoms with Gasteiger partial charge in [-0.05, 0) is 60.9 Å². The van der Waals surface area contributed by atoms with Gasteiger partial charge in [0.15, 0.2) is 0 Å². The van der Waals surface area contributed by atoms with Gasteiger partial charge in [-0.15, -0.1) is 0 Å². The molecule has 1 amide bonds. The zero-order valence-corrected chi connectivity index (χ0v) is 17.7. The summed E-state index contributed by atoms with van der Waals surface area (Å²) in [5.74, 6) is 0.508. The minimum atomic E-state index is -0.540. The van der Waals surface area contributed by atoms with E-state index in [-0.39, 0.29) is 16.8 Å². The van der Waals surface area contributed by atoms with Crippen LogP contribution in [0.1, 0.15) is 46.9 Å². The number of aromatic nitrogens is 4. The number of halogens is 2. The lowest BCUT2D eigenvalue weighted by Crippen LogP contribution is -2.16. The van der Waals surface area contributed by atoms with E-state index in [9.17, 15) is 9.18 Å². The number of carbonyl (C=O) groups excluding carboxylic acids is 1. The largest absolute Gasteiger partial charge is 0.383 e. The number of nitrogens with zero attached hydrogens (tertiary/aromatic N) is 3. The molecule has 2 aromatic heterocycles. The highest BCUT2D eigenvalue weighted by Crippen LogP contribution is 2.51. The number of hydrogen-bond acceptors (Lipinski definition) is 4. The van der Waals surface area contributed by atoms with Crippen LogP contribution in [0.4, 0.5) is 15.9 Å². The quantitative estimate of drug-likeness (QED) is 0.560. The maximum Gasteiger partial charge on any atom is 0.261 e. The van der Waals surface area contributed by atoms with Crippen molar-refractivity contribution in [3.05, 3.63) is 64.3 Å². The number of nitrogen functional groups attached to an aromatic ring is 1. The summed E-state index contributed by atoms with van der Waals surface area (Å²) in [5, 5.41) is 14.4. The molecule has 2 aliphatic carbocycles. The Hall–Kier alpha value is -3.13. The number of amides is 1. The Morgan fingerprint density at radius 3 is 2.90 bits per heavy atom. The Morgan fingerprint density at radius 2 is 2.19 bits per heavy atom. The van der Waals surface area contributed by atoms with Gasteiger partial charge in [-0.25, -0.2) is 4.39 Å². The van der Waals surface area contributed by atoms with Gasteiger partial charge < -0.3 is 11.1 Å². The summed E-state index contributed by atoms with van der Waals surface area (Å²) < 4.78 is 15.0. The molecule has 1 aromatic carbocycles. The standard InChI is InChI=1S/C22H22ClFN6O/c1-30-21(25)19(22(31)27-15-2-3-17(24)16(23)10-15)20(29-30)14-8-11-6-13(7-12(11)9-14)18-4-5-26-28-18/h2-6,10-12,14H,7-9,25H2,1H3,(H,26,28)(H,27,31). The van der Waals surface area contributed by atoms with Crippen molar-refractivity contribution in [1.29, 1.82) is 0 Å². The molecule has 3 atom stereocenters. The normalized spacial score (nSPS) is 22.4. The third kappa shape index (κ3) is 3.50. The molecule has 7 nitrogen and oxygen atoms in total. The number of H-pyrrole nitrogens is 1. The van der Waals surface area contributed by atoms with Crippen molar-refractivity contribution in [3.63, 3.8) is 0 Å². The molecule has 2 aliphatic rings. The molecule has 4 N–H and O–H groups in total. The summed E-state index contributed by atoms with van der Waals surface area (Å²) in [6.07, 6.45) is 6.94. The first-order valence-corrected chi connectivity index (χ1v) is 10.6. The molecule has 1 fully saturated rings. The number of anilines is 2. The predicted molar refractivity (Wildman–Crippen MR) is 117 cm³/mol. The Balaban J connectivity index is 1.38. The minimum absolute atomic E-state index is 0.0549. The van der Waals surface area contributed by atoms with Crippen molar-refractivity contribution in [1.82, 2.24) is 20.0 Å². The van der Waals surface area contributed by atoms with Crippen LogP contribution in [0, 0.1) is 17.7 Å². The lowest BCUT2D eigenvalue weighted by Gasteiger charge is -2.12. The van der Waals surface area contributed by atoms with Crippen LogP contribution in [0.25, 0.3) is 5.57 Å². The van der Waals surface area contributed by atoms with E-state index in [0.717, 1.165) is 30.7 Å². The summed E-state index contributed by atoms with van der Waals surface area (Å²) in [5.41, 5.74) is 10.1. The fraction of sp³-hybridized carbons (Fsp3) is 0.318. The number of carbonyl (C=O) groups is 1. The van der Waals surface area contributed by atoms with Crippen LogP contribution in [0.3, 0.4) is 0 Å². The number of aryl methyl sites for hydroxylation is 1. The van der Waals surface area contributed by atoms with Gasteiger partial charge in [-0.1, -0.05) is 17.7 Å². The molecule has 1 saturated carbocycles. The average Bonchev–Trinajstić information content (AvgIpc) is 3.48. The topological polar surface area (TPSA) is 102 Å². The van der Waals surface area contributed by atoms with Crippen LogP contribution in [0.2, 0.25) is 5.02 Å². The monoisotopic (exact) mass is 440 g/mol. The second-order valence-electron chi connectivity index (χ2n) is 8.31. The minimum Gasteiger partial charge on any atom is -0.383 e. The van der Waals surface area contributed by atoms with Crippen LogP contribution in [-0.2, 0) is 7.05 Å². The molecule has 0 radical (unpaired) electrons. The van der Waals surface area contributed by atoms with Crippen molar-refractivity contribution in [2.75, 3.05) is 11.1 Å². The third-order valence-corrected chi connectivity index (χ3v) is 6.69. The van der Waals surface area contributed by atoms with Gasteiger partial charge in [0.25, 0.3) is 5.91 Å². The second-order valence-corrected chi connectivity index (χ2v) is 8.72. The molecule has 0 saturated heterocycles. The molecule has 5 rings (SSSR count). The first-order chi connectivity index (χ1) is 14.9. The molecule has 160 valence electrons. The predicted octanol–water partition coefficient (Wildman–Crippen LogP) is 4.37. The van der Waals surface area contributed by atoms with Gasteiger partial charge in [0, 0.05) is 24.8 Å². The zero-order chi connectivity index (χ0) is 21.7. The van der Waals surface area contributed by atoms with Crippen LogP contribution >= 0.6 is 11.6 Å². The highest BCUT2D eigenvalue weighted by Gasteiger charge is 2.41. The van der Waals surface area contributed by atoms with E-state index in [4.69, 9.17) is 17.3 Å². The Morgan fingerprint density at radius 1 is 1.35 bits per heavy atom. The molecule has 0 spiro atoms. The summed E-state index contributed by atoms with van der Waals surface area (Å²) in [6.45, 7) is 0. The van der Waals surface area contributed by atoms with Crippen molar-refractivity contribution < 1.29 is 9.18 Å². The number of rotatable bonds is 4. The highest BCUT2D eigenvalue weighted by molar-refractivity contribution is 6.31. The fourth-order valence-corrected chi connectivity index (χ4v) is 5.09. The van der Waals surface area contributed by atoms with Crippen molar-refractivity contribution in [2.45, 2.75) is 25.2 Å². The van der Waals surface area contributed by atoms with Crippen LogP contribution < -0.4 is 11.1 Å². The fourth-order valence-electron chi connectivity index (χ4n) is 4.91. The van der Waals surface area contributed by atoms with E-state index in [1.807, 2.05) is 6.07 Å². The number of benzene rings is 1. The number of aromatic amines is 1. The molecule has 9 heteroatoms. The van der Waals surface area contributed by atoms with Crippen LogP contribution in [-0.4, -0.2) is 25.9 Å². The summed E-state index contributed by atoms with van der Waals surface area (Å²) >= 11 is 5.84.